The van der Waals surface area contributed by atoms with Crippen LogP contribution in [-0.2, 0) is 8.23 Å². The highest BCUT2D eigenvalue weighted by molar-refractivity contribution is 7.06. The summed E-state index contributed by atoms with van der Waals surface area (Å²) >= 11 is 0. The fraction of sp³-hybridized carbons (Fsp3) is 0.111. The molecule has 0 amide bonds. The van der Waals surface area contributed by atoms with Crippen molar-refractivity contribution in [3.63, 3.8) is 0 Å². The van der Waals surface area contributed by atoms with Gasteiger partial charge in [-0.05, 0) is 32.8 Å². The van der Waals surface area contributed by atoms with Gasteiger partial charge in [0.05, 0.1) is 0 Å². The van der Waals surface area contributed by atoms with Crippen LogP contribution in [0.15, 0.2) is 172 Å². The van der Waals surface area contributed by atoms with E-state index in [9.17, 15) is 0 Å². The molecule has 0 heterocycles. The maximum Gasteiger partial charge on any atom is 0.326 e. The minimum atomic E-state index is -3.08. The van der Waals surface area contributed by atoms with Crippen LogP contribution < -0.4 is 20.7 Å². The highest BCUT2D eigenvalue weighted by Gasteiger charge is 2.53. The second-order valence-corrected chi connectivity index (χ2v) is 20.9. The first-order valence-corrected chi connectivity index (χ1v) is 20.6. The molecule has 0 aliphatic carbocycles. The molecule has 0 spiro atoms. The van der Waals surface area contributed by atoms with Crippen molar-refractivity contribution in [3.05, 3.63) is 172 Å². The zero-order valence-electron chi connectivity index (χ0n) is 23.8. The van der Waals surface area contributed by atoms with E-state index < -0.39 is 25.2 Å². The van der Waals surface area contributed by atoms with Crippen LogP contribution in [0.2, 0.25) is 24.2 Å². The lowest BCUT2D eigenvalue weighted by Gasteiger charge is -2.46. The van der Waals surface area contributed by atoms with Gasteiger partial charge in [0.25, 0.3) is 0 Å². The van der Waals surface area contributed by atoms with Crippen LogP contribution in [0.4, 0.5) is 0 Å². The molecule has 0 fully saturated rings. The van der Waals surface area contributed by atoms with Crippen LogP contribution >= 0.6 is 0 Å². The van der Waals surface area contributed by atoms with E-state index >= 15 is 0 Å². The van der Waals surface area contributed by atoms with E-state index in [0.29, 0.717) is 12.1 Å². The van der Waals surface area contributed by atoms with Crippen molar-refractivity contribution in [2.24, 2.45) is 0 Å². The normalized spacial score (nSPS) is 11.9. The molecule has 2 nitrogen and oxygen atoms in total. The molecule has 0 saturated carbocycles. The van der Waals surface area contributed by atoms with Gasteiger partial charge in [-0.2, -0.15) is 0 Å². The van der Waals surface area contributed by atoms with E-state index in [-0.39, 0.29) is 0 Å². The Morgan fingerprint density at radius 1 is 0.390 bits per heavy atom. The first-order valence-electron chi connectivity index (χ1n) is 14.1. The summed E-state index contributed by atoms with van der Waals surface area (Å²) in [6.07, 6.45) is 7.97. The quantitative estimate of drug-likeness (QED) is 0.107. The van der Waals surface area contributed by atoms with Crippen molar-refractivity contribution in [1.29, 1.82) is 0 Å². The topological polar surface area (TPSA) is 18.5 Å². The van der Waals surface area contributed by atoms with Crippen molar-refractivity contribution >= 4 is 45.9 Å². The lowest BCUT2D eigenvalue weighted by atomic mass is 10.4. The van der Waals surface area contributed by atoms with E-state index in [1.807, 2.05) is 24.3 Å². The SMILES string of the molecule is C=CC[Si](CC=C)(O[Si](CC=C)(c1ccccc1)c1ccccc1)O[Si](CC=C)(c1ccccc1)c1ccccc1. The summed E-state index contributed by atoms with van der Waals surface area (Å²) in [4.78, 5) is 0. The molecule has 0 N–H and O–H groups in total. The summed E-state index contributed by atoms with van der Waals surface area (Å²) in [6, 6.07) is 45.4. The molecule has 5 heteroatoms. The minimum Gasteiger partial charge on any atom is -0.428 e. The van der Waals surface area contributed by atoms with Crippen LogP contribution in [0.5, 0.6) is 0 Å². The average molecular weight is 589 g/mol. The van der Waals surface area contributed by atoms with Gasteiger partial charge in [0.2, 0.25) is 16.6 Å². The summed E-state index contributed by atoms with van der Waals surface area (Å²) in [5.74, 6) is 0. The summed E-state index contributed by atoms with van der Waals surface area (Å²) in [5, 5.41) is 4.82. The first kappa shape index (κ1) is 30.4. The molecule has 0 unspecified atom stereocenters. The molecular formula is C36H40O2Si3. The Balaban J connectivity index is 2.00. The van der Waals surface area contributed by atoms with Crippen molar-refractivity contribution in [2.45, 2.75) is 24.2 Å². The van der Waals surface area contributed by atoms with Gasteiger partial charge in [0.15, 0.2) is 0 Å². The third kappa shape index (κ3) is 6.67. The molecular weight excluding hydrogens is 549 g/mol. The molecule has 0 radical (unpaired) electrons. The summed E-state index contributed by atoms with van der Waals surface area (Å²) in [7, 11) is -8.81. The first-order chi connectivity index (χ1) is 20.1. The van der Waals surface area contributed by atoms with Gasteiger partial charge in [0.1, 0.15) is 0 Å². The maximum atomic E-state index is 7.81. The Labute approximate surface area is 249 Å². The van der Waals surface area contributed by atoms with Crippen molar-refractivity contribution < 1.29 is 8.23 Å². The molecule has 4 rings (SSSR count). The second-order valence-electron chi connectivity index (χ2n) is 10.2. The molecule has 0 bridgehead atoms. The predicted molar refractivity (Wildman–Crippen MR) is 184 cm³/mol. The lowest BCUT2D eigenvalue weighted by Crippen LogP contribution is -2.71. The second kappa shape index (κ2) is 14.3. The smallest absolute Gasteiger partial charge is 0.326 e. The van der Waals surface area contributed by atoms with E-state index in [1.165, 1.54) is 20.7 Å². The third-order valence-electron chi connectivity index (χ3n) is 7.46. The van der Waals surface area contributed by atoms with E-state index in [4.69, 9.17) is 8.23 Å². The highest BCUT2D eigenvalue weighted by Crippen LogP contribution is 2.32. The van der Waals surface area contributed by atoms with Gasteiger partial charge in [-0.25, -0.2) is 0 Å². The van der Waals surface area contributed by atoms with Crippen LogP contribution in [0.1, 0.15) is 0 Å². The Bertz CT molecular complexity index is 1220. The van der Waals surface area contributed by atoms with E-state index in [2.05, 4.69) is 148 Å². The van der Waals surface area contributed by atoms with E-state index in [1.54, 1.807) is 0 Å². The molecule has 208 valence electrons. The van der Waals surface area contributed by atoms with Crippen LogP contribution in [0.25, 0.3) is 0 Å². The summed E-state index contributed by atoms with van der Waals surface area (Å²) in [5.41, 5.74) is 0. The van der Waals surface area contributed by atoms with Gasteiger partial charge >= 0.3 is 8.56 Å². The number of allylic oxidation sites excluding steroid dienone is 4. The zero-order chi connectivity index (χ0) is 29.0. The minimum absolute atomic E-state index is 0.635. The molecule has 0 aromatic heterocycles. The van der Waals surface area contributed by atoms with Gasteiger partial charge in [-0.15, -0.1) is 26.3 Å². The van der Waals surface area contributed by atoms with Crippen molar-refractivity contribution in [3.8, 4) is 0 Å². The third-order valence-corrected chi connectivity index (χ3v) is 21.8. The Morgan fingerprint density at radius 2 is 0.634 bits per heavy atom. The van der Waals surface area contributed by atoms with Gasteiger partial charge in [-0.3, -0.25) is 0 Å². The Morgan fingerprint density at radius 3 is 0.854 bits per heavy atom. The fourth-order valence-electron chi connectivity index (χ4n) is 5.71. The van der Waals surface area contributed by atoms with Gasteiger partial charge < -0.3 is 8.23 Å². The number of rotatable bonds is 16. The summed E-state index contributed by atoms with van der Waals surface area (Å²) in [6.45, 7) is 16.8. The standard InChI is InChI=1S/C36H40O2Si3/c1-5-29-39(30-6-2,37-40(31-7-3,33-21-13-9-14-22-33)34-23-15-10-16-24-34)38-41(32-8-4,35-25-17-11-18-26-35)36-27-19-12-20-28-36/h5-28H,1-4,29-32H2. The molecule has 4 aromatic rings. The largest absolute Gasteiger partial charge is 0.428 e. The van der Waals surface area contributed by atoms with Crippen LogP contribution in [0, 0.1) is 0 Å². The molecule has 0 aliphatic rings. The Hall–Kier alpha value is -3.59. The van der Waals surface area contributed by atoms with Crippen LogP contribution in [-0.4, -0.2) is 25.2 Å². The number of benzene rings is 4. The number of hydrogen-bond donors (Lipinski definition) is 0. The van der Waals surface area contributed by atoms with Gasteiger partial charge in [-0.1, -0.05) is 146 Å². The van der Waals surface area contributed by atoms with Crippen LogP contribution in [0.3, 0.4) is 0 Å². The number of hydrogen-bond acceptors (Lipinski definition) is 2. The summed E-state index contributed by atoms with van der Waals surface area (Å²) < 4.78 is 15.6. The molecule has 0 atom stereocenters. The molecule has 0 saturated heterocycles. The fourth-order valence-corrected chi connectivity index (χ4v) is 21.6. The van der Waals surface area contributed by atoms with Gasteiger partial charge in [0, 0.05) is 12.1 Å². The van der Waals surface area contributed by atoms with E-state index in [0.717, 1.165) is 12.1 Å². The molecule has 4 aromatic carbocycles. The van der Waals surface area contributed by atoms with Crippen molar-refractivity contribution in [1.82, 2.24) is 0 Å². The maximum absolute atomic E-state index is 7.81. The highest BCUT2D eigenvalue weighted by atomic mass is 28.5. The molecule has 0 aliphatic heterocycles. The monoisotopic (exact) mass is 588 g/mol. The Kier molecular flexibility index (Phi) is 10.6. The predicted octanol–water partition coefficient (Wildman–Crippen LogP) is 6.73. The van der Waals surface area contributed by atoms with Crippen molar-refractivity contribution in [2.75, 3.05) is 0 Å². The lowest BCUT2D eigenvalue weighted by molar-refractivity contribution is 0.390. The zero-order valence-corrected chi connectivity index (χ0v) is 26.8. The molecule has 41 heavy (non-hydrogen) atoms. The average Bonchev–Trinajstić information content (AvgIpc) is 3.02.